The van der Waals surface area contributed by atoms with Crippen LogP contribution in [0.25, 0.3) is 27.6 Å². The second-order valence-corrected chi connectivity index (χ2v) is 13.2. The van der Waals surface area contributed by atoms with Crippen LogP contribution in [0.2, 0.25) is 0 Å². The number of likely N-dealkylation sites (tertiary alicyclic amines) is 1. The molecule has 1 saturated heterocycles. The fourth-order valence-corrected chi connectivity index (χ4v) is 6.71. The molecular formula is C34H34F3N7O4. The van der Waals surface area contributed by atoms with Gasteiger partial charge in [-0.25, -0.2) is 28.5 Å². The molecule has 2 amide bonds. The van der Waals surface area contributed by atoms with Crippen molar-refractivity contribution in [3.63, 3.8) is 0 Å². The smallest absolute Gasteiger partial charge is 0.416 e. The number of imidazole rings is 1. The summed E-state index contributed by atoms with van der Waals surface area (Å²) in [5, 5.41) is 7.38. The Hall–Kier alpha value is -5.32. The highest BCUT2D eigenvalue weighted by atomic mass is 19.4. The van der Waals surface area contributed by atoms with E-state index in [9.17, 15) is 27.6 Å². The van der Waals surface area contributed by atoms with Crippen LogP contribution < -0.4 is 11.0 Å². The summed E-state index contributed by atoms with van der Waals surface area (Å²) in [6.07, 6.45) is -2.37. The van der Waals surface area contributed by atoms with E-state index in [1.54, 1.807) is 42.2 Å². The zero-order valence-corrected chi connectivity index (χ0v) is 26.8. The molecule has 14 heteroatoms. The fraction of sp³-hybridized carbons (Fsp3) is 0.382. The predicted molar refractivity (Wildman–Crippen MR) is 170 cm³/mol. The van der Waals surface area contributed by atoms with Crippen molar-refractivity contribution >= 4 is 17.8 Å². The third-order valence-corrected chi connectivity index (χ3v) is 8.76. The number of nitrogens with one attached hydrogen (secondary N) is 1. The Balaban J connectivity index is 1.35. The van der Waals surface area contributed by atoms with Gasteiger partial charge in [-0.2, -0.15) is 18.3 Å². The Morgan fingerprint density at radius 2 is 1.67 bits per heavy atom. The van der Waals surface area contributed by atoms with E-state index < -0.39 is 29.1 Å². The Bertz CT molecular complexity index is 1970. The van der Waals surface area contributed by atoms with Crippen molar-refractivity contribution in [1.82, 2.24) is 29.1 Å². The van der Waals surface area contributed by atoms with Crippen LogP contribution in [0.1, 0.15) is 44.9 Å². The van der Waals surface area contributed by atoms with E-state index in [0.29, 0.717) is 43.0 Å². The summed E-state index contributed by atoms with van der Waals surface area (Å²) in [6.45, 7) is 15.2. The van der Waals surface area contributed by atoms with Gasteiger partial charge in [0.1, 0.15) is 11.3 Å². The summed E-state index contributed by atoms with van der Waals surface area (Å²) in [7, 11) is 0. The van der Waals surface area contributed by atoms with E-state index >= 15 is 0 Å². The van der Waals surface area contributed by atoms with Gasteiger partial charge in [-0.1, -0.05) is 18.2 Å². The minimum atomic E-state index is -4.65. The van der Waals surface area contributed by atoms with Crippen LogP contribution in [0.3, 0.4) is 0 Å². The molecule has 3 atom stereocenters. The summed E-state index contributed by atoms with van der Waals surface area (Å²) in [6, 6.07) is 11.5. The predicted octanol–water partition coefficient (Wildman–Crippen LogP) is 6.57. The summed E-state index contributed by atoms with van der Waals surface area (Å²) >= 11 is 0. The molecule has 2 aromatic carbocycles. The van der Waals surface area contributed by atoms with Gasteiger partial charge in [-0.3, -0.25) is 4.57 Å². The van der Waals surface area contributed by atoms with Crippen LogP contribution in [-0.2, 0) is 10.9 Å². The van der Waals surface area contributed by atoms with Crippen LogP contribution in [0.4, 0.5) is 28.4 Å². The van der Waals surface area contributed by atoms with Crippen molar-refractivity contribution in [2.24, 2.45) is 11.8 Å². The average molecular weight is 662 g/mol. The highest BCUT2D eigenvalue weighted by Gasteiger charge is 2.44. The van der Waals surface area contributed by atoms with E-state index in [0.717, 1.165) is 21.3 Å². The minimum Gasteiger partial charge on any atom is -0.444 e. The summed E-state index contributed by atoms with van der Waals surface area (Å²) < 4.78 is 50.0. The average Bonchev–Trinajstić information content (AvgIpc) is 3.78. The van der Waals surface area contributed by atoms with Crippen LogP contribution >= 0.6 is 0 Å². The molecule has 0 bridgehead atoms. The molecule has 3 heterocycles. The Morgan fingerprint density at radius 1 is 1.00 bits per heavy atom. The molecule has 1 aliphatic carbocycles. The maximum absolute atomic E-state index is 14.1. The lowest BCUT2D eigenvalue weighted by molar-refractivity contribution is -0.137. The van der Waals surface area contributed by atoms with E-state index in [1.807, 2.05) is 20.8 Å². The largest absolute Gasteiger partial charge is 0.444 e. The lowest BCUT2D eigenvalue weighted by Gasteiger charge is -2.25. The normalized spacial score (nSPS) is 19.2. The van der Waals surface area contributed by atoms with Crippen LogP contribution in [0, 0.1) is 25.3 Å². The molecule has 4 aromatic rings. The molecule has 1 N–H and O–H groups in total. The number of fused-ring (bicyclic) bond motifs is 1. The van der Waals surface area contributed by atoms with E-state index in [-0.39, 0.29) is 41.0 Å². The van der Waals surface area contributed by atoms with Gasteiger partial charge in [0.25, 0.3) is 0 Å². The van der Waals surface area contributed by atoms with Crippen molar-refractivity contribution < 1.29 is 27.5 Å². The highest BCUT2D eigenvalue weighted by Crippen LogP contribution is 2.39. The van der Waals surface area contributed by atoms with Gasteiger partial charge in [0.2, 0.25) is 0 Å². The Morgan fingerprint density at radius 3 is 2.27 bits per heavy atom. The van der Waals surface area contributed by atoms with Crippen molar-refractivity contribution in [2.45, 2.75) is 58.4 Å². The SMILES string of the molecule is [C-]#[N+]c1ccc(-n2nccc2-c2c(C)n(-c3cccc(C(F)(F)F)c3)c(=O)n2C(=O)NC2C[C@@H]3CN(C(=O)OC(C)(C)C)C[C@@H]3C2)cc1. The van der Waals surface area contributed by atoms with Gasteiger partial charge in [0.15, 0.2) is 5.69 Å². The molecule has 1 aliphatic heterocycles. The molecule has 6 rings (SSSR count). The number of amides is 2. The molecule has 1 saturated carbocycles. The molecular weight excluding hydrogens is 627 g/mol. The molecule has 2 fully saturated rings. The third kappa shape index (κ3) is 6.20. The monoisotopic (exact) mass is 661 g/mol. The number of hydrogen-bond acceptors (Lipinski definition) is 5. The van der Waals surface area contributed by atoms with Gasteiger partial charge in [-0.05, 0) is 88.8 Å². The van der Waals surface area contributed by atoms with Crippen molar-refractivity contribution in [3.05, 3.63) is 94.0 Å². The quantitative estimate of drug-likeness (QED) is 0.249. The standard InChI is InChI=1S/C34H34F3N7O4/c1-20-29(28-13-14-39-44(28)26-11-9-24(38-5)10-12-26)43(31(46)42(20)27-8-6-7-23(17-27)34(35,36)37)30(45)40-25-15-21-18-41(19-22(21)16-25)32(47)48-33(2,3)4/h6-14,17,21-22,25H,15-16,18-19H2,1-4H3,(H,40,45)/t21-,22+,25?. The number of ether oxygens (including phenoxy) is 1. The first-order valence-electron chi connectivity index (χ1n) is 15.5. The molecule has 1 unspecified atom stereocenters. The second kappa shape index (κ2) is 12.0. The molecule has 48 heavy (non-hydrogen) atoms. The van der Waals surface area contributed by atoms with Crippen molar-refractivity contribution in [2.75, 3.05) is 13.1 Å². The number of carbonyl (C=O) groups excluding carboxylic acids is 2. The molecule has 0 radical (unpaired) electrons. The maximum Gasteiger partial charge on any atom is 0.416 e. The number of halogens is 3. The molecule has 2 aromatic heterocycles. The molecule has 250 valence electrons. The zero-order chi connectivity index (χ0) is 34.5. The Labute approximate surface area is 274 Å². The van der Waals surface area contributed by atoms with E-state index in [2.05, 4.69) is 15.3 Å². The first-order chi connectivity index (χ1) is 22.6. The molecule has 2 aliphatic rings. The lowest BCUT2D eigenvalue weighted by atomic mass is 10.0. The minimum absolute atomic E-state index is 0.0507. The van der Waals surface area contributed by atoms with Crippen LogP contribution in [0.5, 0.6) is 0 Å². The van der Waals surface area contributed by atoms with Gasteiger partial charge >= 0.3 is 24.0 Å². The van der Waals surface area contributed by atoms with Gasteiger partial charge in [0, 0.05) is 19.1 Å². The third-order valence-electron chi connectivity index (χ3n) is 8.76. The second-order valence-electron chi connectivity index (χ2n) is 13.2. The lowest BCUT2D eigenvalue weighted by Crippen LogP contribution is -2.42. The van der Waals surface area contributed by atoms with Crippen molar-refractivity contribution in [3.8, 4) is 22.8 Å². The zero-order valence-electron chi connectivity index (χ0n) is 26.8. The highest BCUT2D eigenvalue weighted by molar-refractivity contribution is 5.83. The summed E-state index contributed by atoms with van der Waals surface area (Å²) in [5.41, 5.74) is -0.770. The van der Waals surface area contributed by atoms with E-state index in [4.69, 9.17) is 11.3 Å². The number of rotatable bonds is 4. The summed E-state index contributed by atoms with van der Waals surface area (Å²) in [4.78, 5) is 45.9. The first kappa shape index (κ1) is 32.6. The number of alkyl halides is 3. The number of aromatic nitrogens is 4. The summed E-state index contributed by atoms with van der Waals surface area (Å²) in [5.74, 6) is 0.269. The first-order valence-corrected chi connectivity index (χ1v) is 15.5. The Kier molecular flexibility index (Phi) is 8.18. The van der Waals surface area contributed by atoms with E-state index in [1.165, 1.54) is 23.0 Å². The van der Waals surface area contributed by atoms with Crippen LogP contribution in [0.15, 0.2) is 65.6 Å². The van der Waals surface area contributed by atoms with Gasteiger partial charge in [0.05, 0.1) is 41.1 Å². The van der Waals surface area contributed by atoms with Crippen LogP contribution in [-0.4, -0.2) is 60.7 Å². The van der Waals surface area contributed by atoms with Crippen molar-refractivity contribution in [1.29, 1.82) is 0 Å². The topological polar surface area (TPSA) is 108 Å². The number of carbonyl (C=O) groups is 2. The molecule has 11 nitrogen and oxygen atoms in total. The number of nitrogens with zero attached hydrogens (tertiary/aromatic N) is 6. The van der Waals surface area contributed by atoms with Gasteiger partial charge < -0.3 is 15.0 Å². The number of benzene rings is 2. The fourth-order valence-electron chi connectivity index (χ4n) is 6.71. The number of hydrogen-bond donors (Lipinski definition) is 1. The molecule has 0 spiro atoms. The van der Waals surface area contributed by atoms with Gasteiger partial charge in [-0.15, -0.1) is 0 Å². The maximum atomic E-state index is 14.1.